The van der Waals surface area contributed by atoms with Crippen molar-refractivity contribution in [1.29, 1.82) is 0 Å². The number of ether oxygens (including phenoxy) is 2. The van der Waals surface area contributed by atoms with Gasteiger partial charge in [-0.05, 0) is 12.1 Å². The molecule has 76 valence electrons. The van der Waals surface area contributed by atoms with Gasteiger partial charge >= 0.3 is 0 Å². The number of hydrogen-bond acceptors (Lipinski definition) is 2. The summed E-state index contributed by atoms with van der Waals surface area (Å²) in [7, 11) is 0. The maximum atomic E-state index is 6.06. The zero-order chi connectivity index (χ0) is 10.1. The van der Waals surface area contributed by atoms with Crippen molar-refractivity contribution < 1.29 is 9.47 Å². The molecule has 0 N–H and O–H groups in total. The van der Waals surface area contributed by atoms with Crippen LogP contribution in [0.15, 0.2) is 16.6 Å². The fourth-order valence-corrected chi connectivity index (χ4v) is 2.33. The second-order valence-electron chi connectivity index (χ2n) is 2.83. The third-order valence-corrected chi connectivity index (χ3v) is 3.45. The zero-order valence-corrected chi connectivity index (χ0v) is 10.2. The predicted molar refractivity (Wildman–Crippen MR) is 58.8 cm³/mol. The van der Waals surface area contributed by atoms with Crippen molar-refractivity contribution in [2.24, 2.45) is 0 Å². The second-order valence-corrected chi connectivity index (χ2v) is 4.47. The Kier molecular flexibility index (Phi) is 3.34. The average molecular weight is 298 g/mol. The van der Waals surface area contributed by atoms with Gasteiger partial charge in [0.1, 0.15) is 0 Å². The number of rotatable bonds is 1. The maximum absolute atomic E-state index is 6.06. The minimum absolute atomic E-state index is 0.407. The van der Waals surface area contributed by atoms with E-state index in [0.29, 0.717) is 23.3 Å². The van der Waals surface area contributed by atoms with Gasteiger partial charge in [-0.15, -0.1) is 0 Å². The molecule has 0 bridgehead atoms. The molecule has 14 heavy (non-hydrogen) atoms. The van der Waals surface area contributed by atoms with Crippen LogP contribution in [0.1, 0.15) is 11.9 Å². The Bertz CT molecular complexity index is 351. The van der Waals surface area contributed by atoms with Crippen LogP contribution in [0.25, 0.3) is 0 Å². The summed E-state index contributed by atoms with van der Waals surface area (Å²) in [6.45, 7) is 1.17. The minimum Gasteiger partial charge on any atom is -0.346 e. The quantitative estimate of drug-likeness (QED) is 0.734. The molecule has 2 rings (SSSR count). The first-order valence-electron chi connectivity index (χ1n) is 4.07. The Morgan fingerprint density at radius 3 is 2.50 bits per heavy atom. The van der Waals surface area contributed by atoms with Crippen LogP contribution in [-0.4, -0.2) is 13.2 Å². The van der Waals surface area contributed by atoms with Crippen LogP contribution >= 0.6 is 39.1 Å². The highest BCUT2D eigenvalue weighted by Crippen LogP contribution is 2.38. The normalized spacial score (nSPS) is 17.6. The molecule has 1 aromatic rings. The summed E-state index contributed by atoms with van der Waals surface area (Å²) in [4.78, 5) is 0. The van der Waals surface area contributed by atoms with Gasteiger partial charge < -0.3 is 9.47 Å². The van der Waals surface area contributed by atoms with E-state index in [1.54, 1.807) is 6.07 Å². The first kappa shape index (κ1) is 10.7. The zero-order valence-electron chi connectivity index (χ0n) is 7.10. The molecule has 1 aliphatic heterocycles. The van der Waals surface area contributed by atoms with Crippen LogP contribution in [0.5, 0.6) is 0 Å². The van der Waals surface area contributed by atoms with Crippen LogP contribution < -0.4 is 0 Å². The van der Waals surface area contributed by atoms with Crippen molar-refractivity contribution in [3.8, 4) is 0 Å². The summed E-state index contributed by atoms with van der Waals surface area (Å²) in [5, 5.41) is 0.983. The monoisotopic (exact) mass is 296 g/mol. The molecule has 5 heteroatoms. The first-order valence-corrected chi connectivity index (χ1v) is 5.61. The lowest BCUT2D eigenvalue weighted by atomic mass is 10.2. The van der Waals surface area contributed by atoms with E-state index in [2.05, 4.69) is 15.9 Å². The topological polar surface area (TPSA) is 18.5 Å². The Morgan fingerprint density at radius 1 is 1.21 bits per heavy atom. The van der Waals surface area contributed by atoms with E-state index in [1.807, 2.05) is 6.07 Å². The molecule has 1 aromatic carbocycles. The molecule has 0 aromatic heterocycles. The highest BCUT2D eigenvalue weighted by atomic mass is 79.9. The highest BCUT2D eigenvalue weighted by molar-refractivity contribution is 9.10. The molecule has 1 saturated heterocycles. The average Bonchev–Trinajstić information content (AvgIpc) is 2.65. The molecule has 1 fully saturated rings. The largest absolute Gasteiger partial charge is 0.346 e. The summed E-state index contributed by atoms with van der Waals surface area (Å²) in [6, 6.07) is 3.56. The Morgan fingerprint density at radius 2 is 1.86 bits per heavy atom. The first-order chi connectivity index (χ1) is 6.70. The van der Waals surface area contributed by atoms with Gasteiger partial charge in [0.25, 0.3) is 0 Å². The molecule has 1 heterocycles. The Balaban J connectivity index is 2.44. The van der Waals surface area contributed by atoms with Crippen molar-refractivity contribution in [1.82, 2.24) is 0 Å². The molecule has 1 aliphatic rings. The molecule has 0 saturated carbocycles. The summed E-state index contributed by atoms with van der Waals surface area (Å²) >= 11 is 15.3. The molecule has 0 amide bonds. The summed E-state index contributed by atoms with van der Waals surface area (Å²) < 4.78 is 11.6. The fraction of sp³-hybridized carbons (Fsp3) is 0.333. The fourth-order valence-electron chi connectivity index (χ4n) is 1.28. The highest BCUT2D eigenvalue weighted by Gasteiger charge is 2.24. The van der Waals surface area contributed by atoms with Gasteiger partial charge in [-0.2, -0.15) is 0 Å². The van der Waals surface area contributed by atoms with Gasteiger partial charge in [0.05, 0.1) is 23.3 Å². The lowest BCUT2D eigenvalue weighted by molar-refractivity contribution is -0.0445. The maximum Gasteiger partial charge on any atom is 0.186 e. The SMILES string of the molecule is Clc1ccc(Br)c(C2OCCO2)c1Cl. The van der Waals surface area contributed by atoms with Crippen LogP contribution in [0.3, 0.4) is 0 Å². The Hall–Kier alpha value is 0.200. The van der Waals surface area contributed by atoms with Crippen LogP contribution in [0.2, 0.25) is 10.0 Å². The van der Waals surface area contributed by atoms with Crippen molar-refractivity contribution in [2.45, 2.75) is 6.29 Å². The number of hydrogen-bond donors (Lipinski definition) is 0. The van der Waals surface area contributed by atoms with Crippen molar-refractivity contribution in [2.75, 3.05) is 13.2 Å². The molecule has 0 unspecified atom stereocenters. The molecule has 0 radical (unpaired) electrons. The number of halogens is 3. The molecule has 0 atom stereocenters. The van der Waals surface area contributed by atoms with Crippen LogP contribution in [0, 0.1) is 0 Å². The van der Waals surface area contributed by atoms with Gasteiger partial charge in [0.2, 0.25) is 0 Å². The molecule has 2 nitrogen and oxygen atoms in total. The smallest absolute Gasteiger partial charge is 0.186 e. The Labute approximate surface area is 100 Å². The number of benzene rings is 1. The van der Waals surface area contributed by atoms with E-state index < -0.39 is 6.29 Å². The summed E-state index contributed by atoms with van der Waals surface area (Å²) in [5.74, 6) is 0. The van der Waals surface area contributed by atoms with Crippen molar-refractivity contribution in [3.05, 3.63) is 32.2 Å². The van der Waals surface area contributed by atoms with Gasteiger partial charge in [-0.1, -0.05) is 39.1 Å². The van der Waals surface area contributed by atoms with Crippen molar-refractivity contribution in [3.63, 3.8) is 0 Å². The van der Waals surface area contributed by atoms with Gasteiger partial charge in [0.15, 0.2) is 6.29 Å². The van der Waals surface area contributed by atoms with E-state index in [0.717, 1.165) is 10.0 Å². The minimum atomic E-state index is -0.407. The van der Waals surface area contributed by atoms with E-state index in [-0.39, 0.29) is 0 Å². The molecular weight excluding hydrogens is 291 g/mol. The summed E-state index contributed by atoms with van der Waals surface area (Å²) in [6.07, 6.45) is -0.407. The summed E-state index contributed by atoms with van der Waals surface area (Å²) in [5.41, 5.74) is 0.761. The third-order valence-electron chi connectivity index (χ3n) is 1.94. The molecule has 0 aliphatic carbocycles. The van der Waals surface area contributed by atoms with Crippen molar-refractivity contribution >= 4 is 39.1 Å². The lowest BCUT2D eigenvalue weighted by Gasteiger charge is -2.13. The van der Waals surface area contributed by atoms with Crippen LogP contribution in [-0.2, 0) is 9.47 Å². The van der Waals surface area contributed by atoms with E-state index in [4.69, 9.17) is 32.7 Å². The van der Waals surface area contributed by atoms with E-state index in [1.165, 1.54) is 0 Å². The lowest BCUT2D eigenvalue weighted by Crippen LogP contribution is -2.00. The molecule has 0 spiro atoms. The van der Waals surface area contributed by atoms with E-state index in [9.17, 15) is 0 Å². The van der Waals surface area contributed by atoms with Gasteiger partial charge in [0, 0.05) is 10.0 Å². The second kappa shape index (κ2) is 4.37. The third kappa shape index (κ3) is 1.92. The van der Waals surface area contributed by atoms with Gasteiger partial charge in [-0.25, -0.2) is 0 Å². The standard InChI is InChI=1S/C9H7BrCl2O2/c10-5-1-2-6(11)8(12)7(5)9-13-3-4-14-9/h1-2,9H,3-4H2. The predicted octanol–water partition coefficient (Wildman–Crippen LogP) is 3.80. The van der Waals surface area contributed by atoms with Crippen LogP contribution in [0.4, 0.5) is 0 Å². The molecular formula is C9H7BrCl2O2. The van der Waals surface area contributed by atoms with Gasteiger partial charge in [-0.3, -0.25) is 0 Å². The van der Waals surface area contributed by atoms with E-state index >= 15 is 0 Å².